The van der Waals surface area contributed by atoms with Crippen molar-refractivity contribution >= 4 is 11.8 Å². The van der Waals surface area contributed by atoms with Gasteiger partial charge in [0.15, 0.2) is 0 Å². The van der Waals surface area contributed by atoms with Gasteiger partial charge in [-0.3, -0.25) is 0 Å². The molecule has 0 aromatic heterocycles. The summed E-state index contributed by atoms with van der Waals surface area (Å²) in [4.78, 5) is 0. The molecule has 0 unspecified atom stereocenters. The minimum absolute atomic E-state index is 0.0268. The maximum Gasteiger partial charge on any atom is 0.124 e. The molecule has 3 heteroatoms. The van der Waals surface area contributed by atoms with Crippen LogP contribution in [0.2, 0.25) is 0 Å². The third-order valence-electron chi connectivity index (χ3n) is 3.64. The number of para-hydroxylation sites is 1. The predicted molar refractivity (Wildman–Crippen MR) is 67.9 cm³/mol. The van der Waals surface area contributed by atoms with Crippen LogP contribution in [0.15, 0.2) is 24.3 Å². The molecule has 2 aliphatic rings. The van der Waals surface area contributed by atoms with Crippen molar-refractivity contribution in [3.8, 4) is 5.75 Å². The molecule has 1 atom stereocenters. The number of benzene rings is 1. The molecule has 1 spiro atoms. The van der Waals surface area contributed by atoms with Gasteiger partial charge in [-0.05, 0) is 30.4 Å². The fourth-order valence-electron chi connectivity index (χ4n) is 2.72. The Labute approximate surface area is 101 Å². The first-order valence-electron chi connectivity index (χ1n) is 5.90. The van der Waals surface area contributed by atoms with Crippen LogP contribution in [0.5, 0.6) is 5.75 Å². The molecular formula is C13H17NOS. The van der Waals surface area contributed by atoms with Gasteiger partial charge in [0.25, 0.3) is 0 Å². The Kier molecular flexibility index (Phi) is 2.60. The second-order valence-corrected chi connectivity index (χ2v) is 5.97. The normalized spacial score (nSPS) is 27.2. The molecule has 86 valence electrons. The average molecular weight is 235 g/mol. The lowest BCUT2D eigenvalue weighted by Gasteiger charge is -2.43. The Morgan fingerprint density at radius 1 is 1.25 bits per heavy atom. The monoisotopic (exact) mass is 235 g/mol. The zero-order chi connectivity index (χ0) is 11.0. The van der Waals surface area contributed by atoms with E-state index >= 15 is 0 Å². The summed E-state index contributed by atoms with van der Waals surface area (Å²) in [6.07, 6.45) is 3.25. The number of fused-ring (bicyclic) bond motifs is 1. The van der Waals surface area contributed by atoms with Gasteiger partial charge in [-0.1, -0.05) is 18.2 Å². The van der Waals surface area contributed by atoms with Crippen LogP contribution in [-0.2, 0) is 0 Å². The largest absolute Gasteiger partial charge is 0.487 e. The van der Waals surface area contributed by atoms with Gasteiger partial charge < -0.3 is 10.5 Å². The molecule has 1 fully saturated rings. The van der Waals surface area contributed by atoms with Crippen molar-refractivity contribution in [3.05, 3.63) is 29.8 Å². The molecule has 1 saturated heterocycles. The quantitative estimate of drug-likeness (QED) is 0.751. The molecule has 2 nitrogen and oxygen atoms in total. The van der Waals surface area contributed by atoms with Gasteiger partial charge in [-0.2, -0.15) is 11.8 Å². The molecule has 0 amide bonds. The van der Waals surface area contributed by atoms with Crippen molar-refractivity contribution in [2.45, 2.75) is 30.9 Å². The van der Waals surface area contributed by atoms with Crippen LogP contribution in [-0.4, -0.2) is 17.1 Å². The van der Waals surface area contributed by atoms with Crippen LogP contribution in [0.1, 0.15) is 30.9 Å². The average Bonchev–Trinajstić information content (AvgIpc) is 2.30. The first-order valence-corrected chi connectivity index (χ1v) is 7.06. The molecule has 2 N–H and O–H groups in total. The van der Waals surface area contributed by atoms with E-state index in [9.17, 15) is 0 Å². The van der Waals surface area contributed by atoms with Gasteiger partial charge in [0.05, 0.1) is 0 Å². The van der Waals surface area contributed by atoms with Gasteiger partial charge in [0.1, 0.15) is 11.4 Å². The van der Waals surface area contributed by atoms with Crippen molar-refractivity contribution < 1.29 is 4.74 Å². The van der Waals surface area contributed by atoms with Crippen LogP contribution in [0.4, 0.5) is 0 Å². The van der Waals surface area contributed by atoms with Gasteiger partial charge in [0, 0.05) is 18.0 Å². The summed E-state index contributed by atoms with van der Waals surface area (Å²) in [6.45, 7) is 0. The third-order valence-corrected chi connectivity index (χ3v) is 4.63. The highest BCUT2D eigenvalue weighted by Crippen LogP contribution is 2.44. The van der Waals surface area contributed by atoms with E-state index in [0.29, 0.717) is 0 Å². The van der Waals surface area contributed by atoms with Crippen molar-refractivity contribution in [2.75, 3.05) is 11.5 Å². The summed E-state index contributed by atoms with van der Waals surface area (Å²) < 4.78 is 6.24. The molecule has 0 saturated carbocycles. The molecule has 0 radical (unpaired) electrons. The molecular weight excluding hydrogens is 218 g/mol. The Hall–Kier alpha value is -0.670. The van der Waals surface area contributed by atoms with E-state index in [4.69, 9.17) is 10.5 Å². The number of hydrogen-bond donors (Lipinski definition) is 1. The molecule has 1 aromatic rings. The minimum Gasteiger partial charge on any atom is -0.487 e. The van der Waals surface area contributed by atoms with Crippen LogP contribution < -0.4 is 10.5 Å². The number of rotatable bonds is 0. The Morgan fingerprint density at radius 2 is 2.00 bits per heavy atom. The second kappa shape index (κ2) is 3.97. The summed E-state index contributed by atoms with van der Waals surface area (Å²) in [7, 11) is 0. The van der Waals surface area contributed by atoms with Crippen molar-refractivity contribution in [2.24, 2.45) is 5.73 Å². The molecule has 1 aromatic carbocycles. The first-order chi connectivity index (χ1) is 7.79. The highest BCUT2D eigenvalue weighted by atomic mass is 32.2. The number of thioether (sulfide) groups is 1. The molecule has 2 heterocycles. The van der Waals surface area contributed by atoms with E-state index < -0.39 is 0 Å². The number of nitrogens with two attached hydrogens (primary N) is 1. The van der Waals surface area contributed by atoms with Crippen LogP contribution in [0, 0.1) is 0 Å². The lowest BCUT2D eigenvalue weighted by molar-refractivity contribution is 0.0280. The molecule has 0 aliphatic carbocycles. The minimum atomic E-state index is 0.0268. The maximum absolute atomic E-state index is 6.27. The molecule has 3 rings (SSSR count). The SMILES string of the molecule is N[C@@H]1CC2(CCSCC2)Oc2ccccc21. The van der Waals surface area contributed by atoms with Crippen molar-refractivity contribution in [1.29, 1.82) is 0 Å². The van der Waals surface area contributed by atoms with Gasteiger partial charge in [-0.25, -0.2) is 0 Å². The summed E-state index contributed by atoms with van der Waals surface area (Å²) in [5, 5.41) is 0. The third kappa shape index (κ3) is 1.72. The standard InChI is InChI=1S/C13H17NOS/c14-11-9-13(5-7-16-8-6-13)15-12-4-2-1-3-10(11)12/h1-4,11H,5-9,14H2/t11-/m1/s1. The highest BCUT2D eigenvalue weighted by molar-refractivity contribution is 7.99. The lowest BCUT2D eigenvalue weighted by atomic mass is 9.83. The predicted octanol–water partition coefficient (Wildman–Crippen LogP) is 2.73. The lowest BCUT2D eigenvalue weighted by Crippen LogP contribution is -2.45. The van der Waals surface area contributed by atoms with E-state index in [1.165, 1.54) is 17.1 Å². The number of hydrogen-bond acceptors (Lipinski definition) is 3. The van der Waals surface area contributed by atoms with Crippen LogP contribution >= 0.6 is 11.8 Å². The van der Waals surface area contributed by atoms with Crippen molar-refractivity contribution in [3.63, 3.8) is 0 Å². The van der Waals surface area contributed by atoms with E-state index in [1.54, 1.807) is 0 Å². The van der Waals surface area contributed by atoms with E-state index in [0.717, 1.165) is 25.0 Å². The highest BCUT2D eigenvalue weighted by Gasteiger charge is 2.40. The van der Waals surface area contributed by atoms with E-state index in [2.05, 4.69) is 12.1 Å². The van der Waals surface area contributed by atoms with Gasteiger partial charge >= 0.3 is 0 Å². The summed E-state index contributed by atoms with van der Waals surface area (Å²) >= 11 is 2.02. The summed E-state index contributed by atoms with van der Waals surface area (Å²) in [6, 6.07) is 8.36. The summed E-state index contributed by atoms with van der Waals surface area (Å²) in [5.41, 5.74) is 7.46. The maximum atomic E-state index is 6.27. The van der Waals surface area contributed by atoms with Gasteiger partial charge in [0.2, 0.25) is 0 Å². The molecule has 16 heavy (non-hydrogen) atoms. The number of ether oxygens (including phenoxy) is 1. The van der Waals surface area contributed by atoms with E-state index in [-0.39, 0.29) is 11.6 Å². The fraction of sp³-hybridized carbons (Fsp3) is 0.538. The topological polar surface area (TPSA) is 35.2 Å². The molecule has 0 bridgehead atoms. The van der Waals surface area contributed by atoms with Crippen LogP contribution in [0.3, 0.4) is 0 Å². The molecule has 2 aliphatic heterocycles. The zero-order valence-corrected chi connectivity index (χ0v) is 10.1. The Morgan fingerprint density at radius 3 is 2.81 bits per heavy atom. The summed E-state index contributed by atoms with van der Waals surface area (Å²) in [5.74, 6) is 3.41. The first kappa shape index (κ1) is 10.5. The Bertz CT molecular complexity index is 387. The fourth-order valence-corrected chi connectivity index (χ4v) is 3.95. The van der Waals surface area contributed by atoms with Gasteiger partial charge in [-0.15, -0.1) is 0 Å². The van der Waals surface area contributed by atoms with Crippen molar-refractivity contribution in [1.82, 2.24) is 0 Å². The second-order valence-electron chi connectivity index (χ2n) is 4.75. The van der Waals surface area contributed by atoms with Crippen LogP contribution in [0.25, 0.3) is 0 Å². The Balaban J connectivity index is 1.93. The zero-order valence-electron chi connectivity index (χ0n) is 9.32. The van der Waals surface area contributed by atoms with E-state index in [1.807, 2.05) is 23.9 Å². The smallest absolute Gasteiger partial charge is 0.124 e.